The van der Waals surface area contributed by atoms with E-state index in [1.807, 2.05) is 0 Å². The van der Waals surface area contributed by atoms with Gasteiger partial charge in [0.2, 0.25) is 0 Å². The van der Waals surface area contributed by atoms with Gasteiger partial charge in [0.25, 0.3) is 0 Å². The van der Waals surface area contributed by atoms with Crippen molar-refractivity contribution >= 4 is 29.9 Å². The summed E-state index contributed by atoms with van der Waals surface area (Å²) in [5.41, 5.74) is 2.32. The highest BCUT2D eigenvalue weighted by Gasteiger charge is 2.15. The average molecular weight is 555 g/mol. The lowest BCUT2D eigenvalue weighted by molar-refractivity contribution is 0.302. The summed E-state index contributed by atoms with van der Waals surface area (Å²) in [6, 6.07) is 6.36. The molecule has 1 aromatic carbocycles. The summed E-state index contributed by atoms with van der Waals surface area (Å²) in [6.45, 7) is 10.2. The molecule has 32 heavy (non-hydrogen) atoms. The second-order valence-electron chi connectivity index (χ2n) is 8.21. The molecule has 0 spiro atoms. The Morgan fingerprint density at radius 3 is 2.81 bits per heavy atom. The van der Waals surface area contributed by atoms with E-state index in [1.54, 1.807) is 0 Å². The average Bonchev–Trinajstić information content (AvgIpc) is 3.19. The lowest BCUT2D eigenvalue weighted by Crippen LogP contribution is -2.37. The van der Waals surface area contributed by atoms with Gasteiger partial charge in [-0.05, 0) is 44.7 Å². The first-order chi connectivity index (χ1) is 15.2. The minimum absolute atomic E-state index is 0. The van der Waals surface area contributed by atoms with Gasteiger partial charge in [0.1, 0.15) is 11.6 Å². The van der Waals surface area contributed by atoms with Gasteiger partial charge in [-0.15, -0.1) is 34.2 Å². The van der Waals surface area contributed by atoms with Crippen LogP contribution in [0, 0.1) is 6.92 Å². The molecule has 2 aromatic rings. The number of aryl methyl sites for hydroxylation is 2. The molecular formula is C24H39IN6O. The molecule has 8 heteroatoms. The molecule has 0 aliphatic carbocycles. The monoisotopic (exact) mass is 554 g/mol. The van der Waals surface area contributed by atoms with Crippen LogP contribution in [0.3, 0.4) is 0 Å². The van der Waals surface area contributed by atoms with Crippen molar-refractivity contribution in [1.29, 1.82) is 0 Å². The molecule has 7 nitrogen and oxygen atoms in total. The number of hydrogen-bond donors (Lipinski definition) is 2. The highest BCUT2D eigenvalue weighted by atomic mass is 127. The van der Waals surface area contributed by atoms with Gasteiger partial charge in [0.05, 0.1) is 19.7 Å². The van der Waals surface area contributed by atoms with E-state index in [4.69, 9.17) is 9.73 Å². The Hall–Kier alpha value is -1.84. The van der Waals surface area contributed by atoms with Gasteiger partial charge >= 0.3 is 0 Å². The van der Waals surface area contributed by atoms with E-state index in [-0.39, 0.29) is 24.0 Å². The van der Waals surface area contributed by atoms with Gasteiger partial charge in [-0.2, -0.15) is 0 Å². The standard InChI is InChI=1S/C24H38N6O.HI/c1-4-6-7-10-15-31-21-16-19(3)12-13-20(21)17-26-24(25-5-2)27-18-23-29-28-22-11-8-9-14-30(22)23;/h12-13,16H,4-11,14-15,17-18H2,1-3H3,(H2,25,26,27);1H. The van der Waals surface area contributed by atoms with Crippen molar-refractivity contribution in [1.82, 2.24) is 25.4 Å². The van der Waals surface area contributed by atoms with Gasteiger partial charge in [0.15, 0.2) is 11.8 Å². The molecule has 0 bridgehead atoms. The molecule has 2 N–H and O–H groups in total. The SMILES string of the molecule is CCCCCCOc1cc(C)ccc1CN=C(NCC)NCc1nnc2n1CCCC2.I. The summed E-state index contributed by atoms with van der Waals surface area (Å²) in [4.78, 5) is 4.80. The van der Waals surface area contributed by atoms with Crippen LogP contribution in [0.25, 0.3) is 0 Å². The topological polar surface area (TPSA) is 76.4 Å². The fraction of sp³-hybridized carbons (Fsp3) is 0.625. The predicted octanol–water partition coefficient (Wildman–Crippen LogP) is 4.76. The lowest BCUT2D eigenvalue weighted by atomic mass is 10.1. The molecule has 1 aliphatic heterocycles. The van der Waals surface area contributed by atoms with Crippen molar-refractivity contribution in [2.45, 2.75) is 85.4 Å². The first-order valence-corrected chi connectivity index (χ1v) is 11.9. The third kappa shape index (κ3) is 7.94. The van der Waals surface area contributed by atoms with Crippen LogP contribution in [0.4, 0.5) is 0 Å². The predicted molar refractivity (Wildman–Crippen MR) is 141 cm³/mol. The van der Waals surface area contributed by atoms with Crippen LogP contribution in [0.2, 0.25) is 0 Å². The van der Waals surface area contributed by atoms with Gasteiger partial charge < -0.3 is 19.9 Å². The van der Waals surface area contributed by atoms with Crippen LogP contribution in [0.1, 0.15) is 75.1 Å². The fourth-order valence-electron chi connectivity index (χ4n) is 3.81. The molecule has 178 valence electrons. The third-order valence-corrected chi connectivity index (χ3v) is 5.58. The van der Waals surface area contributed by atoms with Crippen molar-refractivity contribution in [3.8, 4) is 5.75 Å². The largest absolute Gasteiger partial charge is 0.493 e. The lowest BCUT2D eigenvalue weighted by Gasteiger charge is -2.16. The van der Waals surface area contributed by atoms with Gasteiger partial charge in [-0.1, -0.05) is 38.3 Å². The van der Waals surface area contributed by atoms with Crippen molar-refractivity contribution in [2.75, 3.05) is 13.2 Å². The molecule has 0 amide bonds. The highest BCUT2D eigenvalue weighted by Crippen LogP contribution is 2.22. The minimum atomic E-state index is 0. The number of halogens is 1. The molecule has 0 saturated carbocycles. The molecule has 0 fully saturated rings. The van der Waals surface area contributed by atoms with E-state index >= 15 is 0 Å². The Labute approximate surface area is 209 Å². The van der Waals surface area contributed by atoms with Crippen LogP contribution in [-0.2, 0) is 26.1 Å². The highest BCUT2D eigenvalue weighted by molar-refractivity contribution is 14.0. The molecular weight excluding hydrogens is 515 g/mol. The Morgan fingerprint density at radius 1 is 1.12 bits per heavy atom. The van der Waals surface area contributed by atoms with Crippen LogP contribution in [0.5, 0.6) is 5.75 Å². The molecule has 0 radical (unpaired) electrons. The third-order valence-electron chi connectivity index (χ3n) is 5.58. The molecule has 0 unspecified atom stereocenters. The summed E-state index contributed by atoms with van der Waals surface area (Å²) in [5.74, 6) is 3.81. The van der Waals surface area contributed by atoms with Crippen LogP contribution in [-0.4, -0.2) is 33.9 Å². The van der Waals surface area contributed by atoms with Crippen LogP contribution < -0.4 is 15.4 Å². The van der Waals surface area contributed by atoms with E-state index in [9.17, 15) is 0 Å². The molecule has 2 heterocycles. The van der Waals surface area contributed by atoms with Crippen molar-refractivity contribution in [2.24, 2.45) is 4.99 Å². The quantitative estimate of drug-likeness (QED) is 0.182. The Bertz CT molecular complexity index is 851. The number of benzene rings is 1. The van der Waals surface area contributed by atoms with Crippen molar-refractivity contribution < 1.29 is 4.74 Å². The zero-order valence-corrected chi connectivity index (χ0v) is 22.2. The summed E-state index contributed by atoms with van der Waals surface area (Å²) < 4.78 is 8.35. The first kappa shape index (κ1) is 26.4. The fourth-order valence-corrected chi connectivity index (χ4v) is 3.81. The number of ether oxygens (including phenoxy) is 1. The minimum Gasteiger partial charge on any atom is -0.493 e. The molecule has 1 aromatic heterocycles. The Balaban J connectivity index is 0.00000363. The molecule has 3 rings (SSSR count). The molecule has 1 aliphatic rings. The first-order valence-electron chi connectivity index (χ1n) is 11.9. The normalized spacial score (nSPS) is 13.3. The second-order valence-corrected chi connectivity index (χ2v) is 8.21. The maximum Gasteiger partial charge on any atom is 0.191 e. The number of nitrogens with zero attached hydrogens (tertiary/aromatic N) is 4. The number of nitrogens with one attached hydrogen (secondary N) is 2. The van der Waals surface area contributed by atoms with Crippen molar-refractivity contribution in [3.63, 3.8) is 0 Å². The van der Waals surface area contributed by atoms with E-state index < -0.39 is 0 Å². The number of hydrogen-bond acceptors (Lipinski definition) is 4. The number of unbranched alkanes of at least 4 members (excludes halogenated alkanes) is 3. The van der Waals surface area contributed by atoms with E-state index in [1.165, 1.54) is 37.7 Å². The molecule has 0 atom stereocenters. The Morgan fingerprint density at radius 2 is 2.00 bits per heavy atom. The van der Waals surface area contributed by atoms with Crippen LogP contribution >= 0.6 is 24.0 Å². The summed E-state index contributed by atoms with van der Waals surface area (Å²) in [6.07, 6.45) is 8.24. The van der Waals surface area contributed by atoms with E-state index in [2.05, 4.69) is 64.4 Å². The number of fused-ring (bicyclic) bond motifs is 1. The molecule has 0 saturated heterocycles. The number of aliphatic imine (C=N–C) groups is 1. The number of aromatic nitrogens is 3. The number of rotatable bonds is 11. The Kier molecular flexibility index (Phi) is 11.8. The van der Waals surface area contributed by atoms with E-state index in [0.717, 1.165) is 61.5 Å². The summed E-state index contributed by atoms with van der Waals surface area (Å²) >= 11 is 0. The van der Waals surface area contributed by atoms with Crippen molar-refractivity contribution in [3.05, 3.63) is 41.0 Å². The second kappa shape index (κ2) is 14.3. The van der Waals surface area contributed by atoms with Crippen LogP contribution in [0.15, 0.2) is 23.2 Å². The van der Waals surface area contributed by atoms with Gasteiger partial charge in [-0.25, -0.2) is 4.99 Å². The summed E-state index contributed by atoms with van der Waals surface area (Å²) in [7, 11) is 0. The maximum atomic E-state index is 6.11. The van der Waals surface area contributed by atoms with Gasteiger partial charge in [-0.3, -0.25) is 0 Å². The van der Waals surface area contributed by atoms with Gasteiger partial charge in [0, 0.05) is 25.1 Å². The maximum absolute atomic E-state index is 6.11. The zero-order chi connectivity index (χ0) is 21.9. The zero-order valence-electron chi connectivity index (χ0n) is 19.8. The van der Waals surface area contributed by atoms with E-state index in [0.29, 0.717) is 13.1 Å². The number of guanidine groups is 1. The summed E-state index contributed by atoms with van der Waals surface area (Å²) in [5, 5.41) is 15.5. The smallest absolute Gasteiger partial charge is 0.191 e.